The molecule has 1 aromatic rings. The van der Waals surface area contributed by atoms with Gasteiger partial charge in [-0.05, 0) is 18.9 Å². The Balaban J connectivity index is 2.33. The van der Waals surface area contributed by atoms with E-state index < -0.39 is 0 Å². The molecule has 0 aromatic carbocycles. The Morgan fingerprint density at radius 1 is 1.64 bits per heavy atom. The van der Waals surface area contributed by atoms with Gasteiger partial charge < -0.3 is 15.2 Å². The molecule has 4 nitrogen and oxygen atoms in total. The topological polar surface area (TPSA) is 57.4 Å². The number of nitrogen functional groups attached to an aromatic ring is 1. The third-order valence-corrected chi connectivity index (χ3v) is 2.37. The standard InChI is InChI=1S/C10H14N2O2/c1-13-10-8(5-7(11)6-12-10)9-3-2-4-14-9/h5-6,9H,2-4,11H2,1H3. The van der Waals surface area contributed by atoms with Crippen LogP contribution in [0.25, 0.3) is 0 Å². The number of rotatable bonds is 2. The highest BCUT2D eigenvalue weighted by atomic mass is 16.5. The Morgan fingerprint density at radius 2 is 2.50 bits per heavy atom. The maximum absolute atomic E-state index is 5.68. The Hall–Kier alpha value is -1.29. The second-order valence-corrected chi connectivity index (χ2v) is 3.37. The molecule has 0 radical (unpaired) electrons. The summed E-state index contributed by atoms with van der Waals surface area (Å²) >= 11 is 0. The van der Waals surface area contributed by atoms with Gasteiger partial charge in [-0.1, -0.05) is 0 Å². The average molecular weight is 194 g/mol. The summed E-state index contributed by atoms with van der Waals surface area (Å²) in [5.74, 6) is 0.617. The predicted molar refractivity (Wildman–Crippen MR) is 53.1 cm³/mol. The molecular formula is C10H14N2O2. The number of hydrogen-bond acceptors (Lipinski definition) is 4. The smallest absolute Gasteiger partial charge is 0.219 e. The van der Waals surface area contributed by atoms with Crippen molar-refractivity contribution in [3.63, 3.8) is 0 Å². The summed E-state index contributed by atoms with van der Waals surface area (Å²) in [4.78, 5) is 4.11. The van der Waals surface area contributed by atoms with Gasteiger partial charge in [-0.25, -0.2) is 4.98 Å². The molecule has 2 N–H and O–H groups in total. The van der Waals surface area contributed by atoms with Gasteiger partial charge in [-0.2, -0.15) is 0 Å². The van der Waals surface area contributed by atoms with Crippen LogP contribution in [0.15, 0.2) is 12.3 Å². The second kappa shape index (κ2) is 3.84. The number of aromatic nitrogens is 1. The van der Waals surface area contributed by atoms with Gasteiger partial charge in [0.2, 0.25) is 5.88 Å². The van der Waals surface area contributed by atoms with Crippen LogP contribution in [0.3, 0.4) is 0 Å². The molecule has 14 heavy (non-hydrogen) atoms. The van der Waals surface area contributed by atoms with Crippen molar-refractivity contribution in [3.8, 4) is 5.88 Å². The third kappa shape index (κ3) is 1.65. The van der Waals surface area contributed by atoms with E-state index in [1.165, 1.54) is 0 Å². The van der Waals surface area contributed by atoms with Crippen molar-refractivity contribution in [1.82, 2.24) is 4.98 Å². The van der Waals surface area contributed by atoms with Gasteiger partial charge in [0.15, 0.2) is 0 Å². The summed E-state index contributed by atoms with van der Waals surface area (Å²) in [6.45, 7) is 0.808. The quantitative estimate of drug-likeness (QED) is 0.775. The molecule has 1 aliphatic heterocycles. The van der Waals surface area contributed by atoms with Gasteiger partial charge >= 0.3 is 0 Å². The minimum absolute atomic E-state index is 0.0981. The van der Waals surface area contributed by atoms with Crippen LogP contribution in [0, 0.1) is 0 Å². The molecule has 76 valence electrons. The van der Waals surface area contributed by atoms with E-state index >= 15 is 0 Å². The summed E-state index contributed by atoms with van der Waals surface area (Å²) in [7, 11) is 1.61. The lowest BCUT2D eigenvalue weighted by Crippen LogP contribution is -2.02. The van der Waals surface area contributed by atoms with Gasteiger partial charge in [0.25, 0.3) is 0 Å². The highest BCUT2D eigenvalue weighted by Gasteiger charge is 2.22. The zero-order valence-corrected chi connectivity index (χ0v) is 8.19. The summed E-state index contributed by atoms with van der Waals surface area (Å²) in [6, 6.07) is 1.88. The first-order valence-corrected chi connectivity index (χ1v) is 4.72. The molecule has 2 rings (SSSR count). The number of ether oxygens (including phenoxy) is 2. The van der Waals surface area contributed by atoms with Crippen molar-refractivity contribution in [3.05, 3.63) is 17.8 Å². The lowest BCUT2D eigenvalue weighted by atomic mass is 10.1. The molecule has 1 saturated heterocycles. The number of pyridine rings is 1. The monoisotopic (exact) mass is 194 g/mol. The predicted octanol–water partition coefficient (Wildman–Crippen LogP) is 1.52. The highest BCUT2D eigenvalue weighted by Crippen LogP contribution is 2.34. The molecule has 1 aromatic heterocycles. The van der Waals surface area contributed by atoms with E-state index in [9.17, 15) is 0 Å². The zero-order valence-electron chi connectivity index (χ0n) is 8.19. The molecule has 0 bridgehead atoms. The van der Waals surface area contributed by atoms with Crippen LogP contribution in [0.4, 0.5) is 5.69 Å². The summed E-state index contributed by atoms with van der Waals surface area (Å²) < 4.78 is 10.7. The number of anilines is 1. The van der Waals surface area contributed by atoms with E-state index in [2.05, 4.69) is 4.98 Å². The van der Waals surface area contributed by atoms with Crippen LogP contribution < -0.4 is 10.5 Å². The zero-order chi connectivity index (χ0) is 9.97. The first-order chi connectivity index (χ1) is 6.81. The van der Waals surface area contributed by atoms with Gasteiger partial charge in [0.05, 0.1) is 25.1 Å². The van der Waals surface area contributed by atoms with Crippen LogP contribution in [0.5, 0.6) is 5.88 Å². The van der Waals surface area contributed by atoms with Crippen molar-refractivity contribution >= 4 is 5.69 Å². The SMILES string of the molecule is COc1ncc(N)cc1C1CCCO1. The van der Waals surface area contributed by atoms with Crippen LogP contribution >= 0.6 is 0 Å². The molecule has 4 heteroatoms. The van der Waals surface area contributed by atoms with Crippen LogP contribution in [0.1, 0.15) is 24.5 Å². The molecule has 0 amide bonds. The van der Waals surface area contributed by atoms with Crippen molar-refractivity contribution in [2.45, 2.75) is 18.9 Å². The number of methoxy groups -OCH3 is 1. The minimum Gasteiger partial charge on any atom is -0.481 e. The first kappa shape index (κ1) is 9.27. The lowest BCUT2D eigenvalue weighted by molar-refractivity contribution is 0.109. The fourth-order valence-corrected chi connectivity index (χ4v) is 1.71. The fourth-order valence-electron chi connectivity index (χ4n) is 1.71. The summed E-state index contributed by atoms with van der Waals surface area (Å²) in [5.41, 5.74) is 7.29. The average Bonchev–Trinajstić information content (AvgIpc) is 2.70. The molecule has 0 saturated carbocycles. The van der Waals surface area contributed by atoms with Crippen molar-refractivity contribution in [2.24, 2.45) is 0 Å². The van der Waals surface area contributed by atoms with Crippen molar-refractivity contribution < 1.29 is 9.47 Å². The molecule has 1 atom stereocenters. The van der Waals surface area contributed by atoms with Crippen LogP contribution in [-0.2, 0) is 4.74 Å². The fraction of sp³-hybridized carbons (Fsp3) is 0.500. The largest absolute Gasteiger partial charge is 0.481 e. The minimum atomic E-state index is 0.0981. The summed E-state index contributed by atoms with van der Waals surface area (Å²) in [6.07, 6.45) is 3.79. The van der Waals surface area contributed by atoms with Crippen LogP contribution in [-0.4, -0.2) is 18.7 Å². The molecule has 2 heterocycles. The maximum Gasteiger partial charge on any atom is 0.219 e. The second-order valence-electron chi connectivity index (χ2n) is 3.37. The van der Waals surface area contributed by atoms with E-state index in [1.54, 1.807) is 13.3 Å². The van der Waals surface area contributed by atoms with Gasteiger partial charge in [-0.3, -0.25) is 0 Å². The van der Waals surface area contributed by atoms with E-state index in [4.69, 9.17) is 15.2 Å². The third-order valence-electron chi connectivity index (χ3n) is 2.37. The van der Waals surface area contributed by atoms with Gasteiger partial charge in [-0.15, -0.1) is 0 Å². The molecule has 1 fully saturated rings. The van der Waals surface area contributed by atoms with Crippen LogP contribution in [0.2, 0.25) is 0 Å². The molecular weight excluding hydrogens is 180 g/mol. The molecule has 0 spiro atoms. The lowest BCUT2D eigenvalue weighted by Gasteiger charge is -2.13. The molecule has 1 unspecified atom stereocenters. The molecule has 0 aliphatic carbocycles. The van der Waals surface area contributed by atoms with E-state index in [0.717, 1.165) is 25.0 Å². The Labute approximate surface area is 83.0 Å². The highest BCUT2D eigenvalue weighted by molar-refractivity contribution is 5.43. The molecule has 1 aliphatic rings. The Kier molecular flexibility index (Phi) is 2.54. The van der Waals surface area contributed by atoms with Gasteiger partial charge in [0, 0.05) is 12.2 Å². The summed E-state index contributed by atoms with van der Waals surface area (Å²) in [5, 5.41) is 0. The Bertz CT molecular complexity index is 322. The first-order valence-electron chi connectivity index (χ1n) is 4.72. The van der Waals surface area contributed by atoms with E-state index in [-0.39, 0.29) is 6.10 Å². The van der Waals surface area contributed by atoms with E-state index in [1.807, 2.05) is 6.07 Å². The van der Waals surface area contributed by atoms with Gasteiger partial charge in [0.1, 0.15) is 0 Å². The van der Waals surface area contributed by atoms with E-state index in [0.29, 0.717) is 11.6 Å². The Morgan fingerprint density at radius 3 is 3.14 bits per heavy atom. The van der Waals surface area contributed by atoms with Crippen molar-refractivity contribution in [1.29, 1.82) is 0 Å². The number of nitrogens with two attached hydrogens (primary N) is 1. The van der Waals surface area contributed by atoms with Crippen molar-refractivity contribution in [2.75, 3.05) is 19.5 Å². The normalized spacial score (nSPS) is 21.1. The number of hydrogen-bond donors (Lipinski definition) is 1. The number of nitrogens with zero attached hydrogens (tertiary/aromatic N) is 1. The maximum atomic E-state index is 5.68.